The van der Waals surface area contributed by atoms with Gasteiger partial charge in [0, 0.05) is 28.9 Å². The highest BCUT2D eigenvalue weighted by molar-refractivity contribution is 6.36. The van der Waals surface area contributed by atoms with Gasteiger partial charge < -0.3 is 18.6 Å². The van der Waals surface area contributed by atoms with E-state index < -0.39 is 17.9 Å². The van der Waals surface area contributed by atoms with Gasteiger partial charge in [0.2, 0.25) is 5.89 Å². The number of carbonyl (C=O) groups excluding carboxylic acids is 2. The molecule has 0 spiro atoms. The summed E-state index contributed by atoms with van der Waals surface area (Å²) in [7, 11) is 1.27. The summed E-state index contributed by atoms with van der Waals surface area (Å²) in [6.45, 7) is 11.4. The summed E-state index contributed by atoms with van der Waals surface area (Å²) >= 11 is 12.3. The van der Waals surface area contributed by atoms with E-state index in [2.05, 4.69) is 20.5 Å². The summed E-state index contributed by atoms with van der Waals surface area (Å²) < 4.78 is 21.6. The van der Waals surface area contributed by atoms with E-state index in [1.165, 1.54) is 19.2 Å². The van der Waals surface area contributed by atoms with Crippen molar-refractivity contribution in [2.24, 2.45) is 0 Å². The predicted molar refractivity (Wildman–Crippen MR) is 170 cm³/mol. The van der Waals surface area contributed by atoms with Crippen LogP contribution in [0.4, 0.5) is 21.0 Å². The Morgan fingerprint density at radius 1 is 0.932 bits per heavy atom. The number of aryl methyl sites for hydroxylation is 1. The molecule has 0 saturated carbocycles. The first-order chi connectivity index (χ1) is 20.7. The number of hydrogen-bond acceptors (Lipinski definition) is 8. The van der Waals surface area contributed by atoms with Crippen LogP contribution in [0.2, 0.25) is 10.0 Å². The van der Waals surface area contributed by atoms with Crippen molar-refractivity contribution in [1.82, 2.24) is 9.78 Å². The Labute approximate surface area is 265 Å². The van der Waals surface area contributed by atoms with Crippen LogP contribution in [0, 0.1) is 6.92 Å². The molecule has 44 heavy (non-hydrogen) atoms. The Kier molecular flexibility index (Phi) is 11.4. The molecule has 0 aliphatic rings. The normalized spacial score (nSPS) is 10.9. The van der Waals surface area contributed by atoms with Crippen molar-refractivity contribution in [2.75, 3.05) is 17.7 Å². The van der Waals surface area contributed by atoms with E-state index in [4.69, 9.17) is 37.1 Å². The fourth-order valence-electron chi connectivity index (χ4n) is 3.54. The molecule has 0 fully saturated rings. The third-order valence-electron chi connectivity index (χ3n) is 5.52. The number of aromatic nitrogens is 2. The molecule has 1 aromatic heterocycles. The maximum atomic E-state index is 12.1. The fraction of sp³-hybridized carbons (Fsp3) is 0.290. The quantitative estimate of drug-likeness (QED) is 0.216. The maximum absolute atomic E-state index is 12.1. The number of methoxy groups -OCH3 is 1. The SMILES string of the molecule is CC(C)Oc1cc(-n2nc(C(C)(C)C)oc2=O)c(Cl)cc1Cl.COC(=O)Nc1cccc(OC(=O)Nc2cccc(C)c2)c1. The molecule has 11 nitrogen and oxygen atoms in total. The highest BCUT2D eigenvalue weighted by Gasteiger charge is 2.24. The molecule has 4 aromatic rings. The molecule has 0 bridgehead atoms. The number of ether oxygens (including phenoxy) is 3. The molecular weight excluding hydrogens is 611 g/mol. The molecule has 0 unspecified atom stereocenters. The van der Waals surface area contributed by atoms with Crippen LogP contribution in [0.25, 0.3) is 5.69 Å². The molecule has 234 valence electrons. The minimum atomic E-state index is -0.610. The number of carbonyl (C=O) groups is 2. The molecule has 2 amide bonds. The second-order valence-corrected chi connectivity index (χ2v) is 11.6. The Balaban J connectivity index is 0.000000240. The molecule has 4 rings (SSSR count). The summed E-state index contributed by atoms with van der Waals surface area (Å²) in [5.41, 5.74) is 2.12. The highest BCUT2D eigenvalue weighted by atomic mass is 35.5. The molecule has 0 radical (unpaired) electrons. The zero-order valence-electron chi connectivity index (χ0n) is 25.4. The zero-order chi connectivity index (χ0) is 32.6. The first kappa shape index (κ1) is 34.0. The molecular formula is C31H34Cl2N4O7. The number of rotatable bonds is 6. The first-order valence-electron chi connectivity index (χ1n) is 13.4. The third kappa shape index (κ3) is 9.78. The summed E-state index contributed by atoms with van der Waals surface area (Å²) in [5.74, 6) is 0.460. The van der Waals surface area contributed by atoms with Gasteiger partial charge in [0.25, 0.3) is 0 Å². The van der Waals surface area contributed by atoms with Gasteiger partial charge in [0.1, 0.15) is 11.5 Å². The second kappa shape index (κ2) is 14.8. The van der Waals surface area contributed by atoms with Gasteiger partial charge in [-0.05, 0) is 56.7 Å². The Morgan fingerprint density at radius 2 is 1.57 bits per heavy atom. The van der Waals surface area contributed by atoms with Crippen molar-refractivity contribution >= 4 is 46.8 Å². The summed E-state index contributed by atoms with van der Waals surface area (Å²) in [6.07, 6.45) is -1.27. The van der Waals surface area contributed by atoms with Crippen molar-refractivity contribution in [1.29, 1.82) is 0 Å². The van der Waals surface area contributed by atoms with E-state index in [9.17, 15) is 14.4 Å². The lowest BCUT2D eigenvalue weighted by Crippen LogP contribution is -2.17. The molecule has 3 aromatic carbocycles. The predicted octanol–water partition coefficient (Wildman–Crippen LogP) is 8.00. The van der Waals surface area contributed by atoms with Gasteiger partial charge in [-0.15, -0.1) is 5.10 Å². The van der Waals surface area contributed by atoms with Crippen LogP contribution in [-0.4, -0.2) is 35.2 Å². The van der Waals surface area contributed by atoms with Crippen molar-refractivity contribution in [3.8, 4) is 17.2 Å². The lowest BCUT2D eigenvalue weighted by molar-refractivity contribution is 0.187. The van der Waals surface area contributed by atoms with E-state index in [-0.39, 0.29) is 16.5 Å². The van der Waals surface area contributed by atoms with E-state index >= 15 is 0 Å². The van der Waals surface area contributed by atoms with Crippen LogP contribution < -0.4 is 25.9 Å². The molecule has 0 aliphatic heterocycles. The van der Waals surface area contributed by atoms with Gasteiger partial charge in [-0.2, -0.15) is 4.68 Å². The van der Waals surface area contributed by atoms with Gasteiger partial charge in [0.15, 0.2) is 0 Å². The molecule has 0 atom stereocenters. The number of hydrogen-bond donors (Lipinski definition) is 2. The Bertz CT molecular complexity index is 1680. The zero-order valence-corrected chi connectivity index (χ0v) is 26.9. The van der Waals surface area contributed by atoms with Crippen LogP contribution in [-0.2, 0) is 10.2 Å². The number of anilines is 2. The lowest BCUT2D eigenvalue weighted by atomic mass is 9.97. The van der Waals surface area contributed by atoms with Crippen molar-refractivity contribution < 1.29 is 28.2 Å². The highest BCUT2D eigenvalue weighted by Crippen LogP contribution is 2.33. The van der Waals surface area contributed by atoms with Crippen LogP contribution in [0.15, 0.2) is 69.9 Å². The number of nitrogens with zero attached hydrogens (tertiary/aromatic N) is 2. The van der Waals surface area contributed by atoms with Crippen molar-refractivity contribution in [3.63, 3.8) is 0 Å². The van der Waals surface area contributed by atoms with Crippen LogP contribution >= 0.6 is 23.2 Å². The number of amides is 2. The van der Waals surface area contributed by atoms with E-state index in [1.807, 2.05) is 59.7 Å². The number of nitrogens with one attached hydrogen (secondary N) is 2. The molecule has 0 saturated heterocycles. The standard InChI is InChI=1S/C16H16N2O4.C15H18Cl2N2O3/c1-11-5-3-6-12(9-11)18-16(20)22-14-8-4-7-13(10-14)17-15(19)21-2;1-8(2)21-12-7-11(9(16)6-10(12)17)19-14(20)22-13(18-19)15(3,4)5/h3-10H,1-2H3,(H,17,19)(H,18,20);6-8H,1-5H3. The lowest BCUT2D eigenvalue weighted by Gasteiger charge is -2.13. The first-order valence-corrected chi connectivity index (χ1v) is 14.2. The average molecular weight is 646 g/mol. The largest absolute Gasteiger partial charge is 0.489 e. The summed E-state index contributed by atoms with van der Waals surface area (Å²) in [5, 5.41) is 9.99. The van der Waals surface area contributed by atoms with E-state index in [0.717, 1.165) is 10.2 Å². The topological polar surface area (TPSA) is 134 Å². The molecule has 2 N–H and O–H groups in total. The van der Waals surface area contributed by atoms with Crippen molar-refractivity contribution in [2.45, 2.75) is 53.1 Å². The third-order valence-corrected chi connectivity index (χ3v) is 6.12. The van der Waals surface area contributed by atoms with Crippen molar-refractivity contribution in [3.05, 3.63) is 92.7 Å². The second-order valence-electron chi connectivity index (χ2n) is 10.8. The Morgan fingerprint density at radius 3 is 2.16 bits per heavy atom. The average Bonchev–Trinajstić information content (AvgIpc) is 3.32. The minimum Gasteiger partial charge on any atom is -0.489 e. The van der Waals surface area contributed by atoms with Gasteiger partial charge in [-0.3, -0.25) is 10.6 Å². The summed E-state index contributed by atoms with van der Waals surface area (Å²) in [6, 6.07) is 16.9. The molecule has 1 heterocycles. The monoisotopic (exact) mass is 644 g/mol. The Hall–Kier alpha value is -4.48. The fourth-order valence-corrected chi connectivity index (χ4v) is 4.05. The van der Waals surface area contributed by atoms with Gasteiger partial charge >= 0.3 is 17.9 Å². The number of benzene rings is 3. The van der Waals surface area contributed by atoms with Crippen LogP contribution in [0.3, 0.4) is 0 Å². The molecule has 0 aliphatic carbocycles. The van der Waals surface area contributed by atoms with Crippen LogP contribution in [0.1, 0.15) is 46.1 Å². The smallest absolute Gasteiger partial charge is 0.442 e. The summed E-state index contributed by atoms with van der Waals surface area (Å²) in [4.78, 5) is 35.0. The van der Waals surface area contributed by atoms with Gasteiger partial charge in [-0.25, -0.2) is 14.4 Å². The number of halogens is 2. The van der Waals surface area contributed by atoms with Crippen LogP contribution in [0.5, 0.6) is 11.5 Å². The van der Waals surface area contributed by atoms with E-state index in [1.54, 1.807) is 30.3 Å². The van der Waals surface area contributed by atoms with Gasteiger partial charge in [-0.1, -0.05) is 62.2 Å². The van der Waals surface area contributed by atoms with Gasteiger partial charge in [0.05, 0.1) is 28.9 Å². The maximum Gasteiger partial charge on any atom is 0.442 e. The minimum absolute atomic E-state index is 0.0642. The molecule has 13 heteroatoms. The van der Waals surface area contributed by atoms with E-state index in [0.29, 0.717) is 39.5 Å².